The van der Waals surface area contributed by atoms with Gasteiger partial charge in [-0.2, -0.15) is 0 Å². The monoisotopic (exact) mass is 213 g/mol. The Hall–Kier alpha value is -1.09. The highest BCUT2D eigenvalue weighted by molar-refractivity contribution is 6.29. The number of carboxylic acid groups (broad SMARTS) is 1. The van der Waals surface area contributed by atoms with E-state index in [1.54, 1.807) is 12.1 Å². The van der Waals surface area contributed by atoms with Crippen LogP contribution in [0.15, 0.2) is 18.3 Å². The van der Waals surface area contributed by atoms with Crippen molar-refractivity contribution in [1.82, 2.24) is 4.98 Å². The van der Waals surface area contributed by atoms with Crippen molar-refractivity contribution in [2.24, 2.45) is 0 Å². The normalized spacial score (nSPS) is 12.4. The Balaban J connectivity index is 2.87. The Bertz CT molecular complexity index is 310. The fourth-order valence-electron chi connectivity index (χ4n) is 1.31. The predicted octanol–water partition coefficient (Wildman–Crippen LogP) is 2.70. The Morgan fingerprint density at radius 1 is 1.64 bits per heavy atom. The molecule has 0 saturated carbocycles. The summed E-state index contributed by atoms with van der Waals surface area (Å²) in [7, 11) is 0. The second kappa shape index (κ2) is 4.96. The molecule has 0 aromatic carbocycles. The number of pyridine rings is 1. The van der Waals surface area contributed by atoms with E-state index in [0.29, 0.717) is 17.1 Å². The molecule has 76 valence electrons. The minimum atomic E-state index is -0.809. The van der Waals surface area contributed by atoms with Gasteiger partial charge in [0.25, 0.3) is 0 Å². The molecule has 0 bridgehead atoms. The largest absolute Gasteiger partial charge is 0.481 e. The van der Waals surface area contributed by atoms with E-state index in [9.17, 15) is 4.79 Å². The van der Waals surface area contributed by atoms with Gasteiger partial charge in [-0.3, -0.25) is 4.79 Å². The molecule has 14 heavy (non-hydrogen) atoms. The maximum Gasteiger partial charge on any atom is 0.311 e. The van der Waals surface area contributed by atoms with Crippen LogP contribution in [0.5, 0.6) is 0 Å². The van der Waals surface area contributed by atoms with Gasteiger partial charge in [0.2, 0.25) is 0 Å². The molecule has 0 spiro atoms. The molecule has 0 amide bonds. The van der Waals surface area contributed by atoms with Crippen LogP contribution in [0.25, 0.3) is 0 Å². The fraction of sp³-hybridized carbons (Fsp3) is 0.400. The molecule has 0 aliphatic heterocycles. The topological polar surface area (TPSA) is 50.2 Å². The molecule has 0 fully saturated rings. The quantitative estimate of drug-likeness (QED) is 0.783. The van der Waals surface area contributed by atoms with E-state index in [2.05, 4.69) is 4.98 Å². The molecule has 1 heterocycles. The molecular weight excluding hydrogens is 202 g/mol. The summed E-state index contributed by atoms with van der Waals surface area (Å²) in [4.78, 5) is 14.8. The van der Waals surface area contributed by atoms with Crippen LogP contribution in [0.3, 0.4) is 0 Å². The van der Waals surface area contributed by atoms with Crippen molar-refractivity contribution in [2.75, 3.05) is 0 Å². The first kappa shape index (κ1) is 11.0. The van der Waals surface area contributed by atoms with Crippen LogP contribution in [0.4, 0.5) is 0 Å². The molecule has 1 aromatic heterocycles. The zero-order valence-corrected chi connectivity index (χ0v) is 8.66. The minimum absolute atomic E-state index is 0.384. The zero-order valence-electron chi connectivity index (χ0n) is 7.90. The number of halogens is 1. The molecule has 0 saturated heterocycles. The molecule has 1 unspecified atom stereocenters. The van der Waals surface area contributed by atoms with E-state index >= 15 is 0 Å². The molecule has 4 heteroatoms. The molecule has 0 aliphatic rings. The van der Waals surface area contributed by atoms with Crippen molar-refractivity contribution in [1.29, 1.82) is 0 Å². The second-order valence-electron chi connectivity index (χ2n) is 3.09. The van der Waals surface area contributed by atoms with Gasteiger partial charge in [-0.1, -0.05) is 31.0 Å². The molecule has 1 atom stereocenters. The number of aliphatic carboxylic acids is 1. The molecular formula is C10H12ClNO2. The van der Waals surface area contributed by atoms with Crippen molar-refractivity contribution in [3.8, 4) is 0 Å². The van der Waals surface area contributed by atoms with Crippen molar-refractivity contribution in [3.63, 3.8) is 0 Å². The summed E-state index contributed by atoms with van der Waals surface area (Å²) < 4.78 is 0. The maximum atomic E-state index is 10.9. The summed E-state index contributed by atoms with van der Waals surface area (Å²) in [5.74, 6) is -1.28. The van der Waals surface area contributed by atoms with Crippen LogP contribution >= 0.6 is 11.6 Å². The predicted molar refractivity (Wildman–Crippen MR) is 54.5 cm³/mol. The number of rotatable bonds is 4. The van der Waals surface area contributed by atoms with Gasteiger partial charge in [0.05, 0.1) is 5.92 Å². The Kier molecular flexibility index (Phi) is 3.89. The molecule has 0 radical (unpaired) electrons. The summed E-state index contributed by atoms with van der Waals surface area (Å²) in [6.07, 6.45) is 2.98. The second-order valence-corrected chi connectivity index (χ2v) is 3.48. The lowest BCUT2D eigenvalue weighted by Gasteiger charge is -2.10. The summed E-state index contributed by atoms with van der Waals surface area (Å²) in [6.45, 7) is 1.96. The van der Waals surface area contributed by atoms with Gasteiger partial charge < -0.3 is 5.11 Å². The maximum absolute atomic E-state index is 10.9. The first-order valence-electron chi connectivity index (χ1n) is 4.49. The van der Waals surface area contributed by atoms with E-state index in [1.165, 1.54) is 6.20 Å². The van der Waals surface area contributed by atoms with Gasteiger partial charge in [0.1, 0.15) is 5.15 Å². The molecule has 1 rings (SSSR count). The highest BCUT2D eigenvalue weighted by Crippen LogP contribution is 2.21. The number of carbonyl (C=O) groups is 1. The Morgan fingerprint density at radius 3 is 2.79 bits per heavy atom. The van der Waals surface area contributed by atoms with Crippen molar-refractivity contribution < 1.29 is 9.90 Å². The Morgan fingerprint density at radius 2 is 2.36 bits per heavy atom. The van der Waals surface area contributed by atoms with E-state index in [0.717, 1.165) is 6.42 Å². The molecule has 1 N–H and O–H groups in total. The zero-order chi connectivity index (χ0) is 10.6. The van der Waals surface area contributed by atoms with E-state index in [4.69, 9.17) is 16.7 Å². The van der Waals surface area contributed by atoms with Gasteiger partial charge in [0, 0.05) is 6.20 Å². The lowest BCUT2D eigenvalue weighted by Crippen LogP contribution is -2.11. The number of hydrogen-bond acceptors (Lipinski definition) is 2. The lowest BCUT2D eigenvalue weighted by atomic mass is 9.96. The van der Waals surface area contributed by atoms with Gasteiger partial charge in [-0.25, -0.2) is 4.98 Å². The minimum Gasteiger partial charge on any atom is -0.481 e. The standard InChI is InChI=1S/C10H12ClNO2/c1-2-3-8(10(13)14)7-4-5-9(11)12-6-7/h4-6,8H,2-3H2,1H3,(H,13,14). The van der Waals surface area contributed by atoms with E-state index < -0.39 is 11.9 Å². The smallest absolute Gasteiger partial charge is 0.311 e. The van der Waals surface area contributed by atoms with Gasteiger partial charge in [-0.15, -0.1) is 0 Å². The van der Waals surface area contributed by atoms with Gasteiger partial charge >= 0.3 is 5.97 Å². The van der Waals surface area contributed by atoms with Crippen LogP contribution in [0.1, 0.15) is 31.2 Å². The van der Waals surface area contributed by atoms with Crippen molar-refractivity contribution in [2.45, 2.75) is 25.7 Å². The van der Waals surface area contributed by atoms with E-state index in [-0.39, 0.29) is 0 Å². The SMILES string of the molecule is CCCC(C(=O)O)c1ccc(Cl)nc1. The number of hydrogen-bond donors (Lipinski definition) is 1. The first-order chi connectivity index (χ1) is 6.65. The van der Waals surface area contributed by atoms with Crippen molar-refractivity contribution in [3.05, 3.63) is 29.0 Å². The number of aromatic nitrogens is 1. The van der Waals surface area contributed by atoms with Crippen LogP contribution in [-0.2, 0) is 4.79 Å². The molecule has 1 aromatic rings. The molecule has 3 nitrogen and oxygen atoms in total. The van der Waals surface area contributed by atoms with Crippen LogP contribution < -0.4 is 0 Å². The summed E-state index contributed by atoms with van der Waals surface area (Å²) in [5, 5.41) is 9.35. The highest BCUT2D eigenvalue weighted by atomic mass is 35.5. The number of nitrogens with zero attached hydrogens (tertiary/aromatic N) is 1. The number of carboxylic acids is 1. The van der Waals surface area contributed by atoms with E-state index in [1.807, 2.05) is 6.92 Å². The third-order valence-corrected chi connectivity index (χ3v) is 2.25. The first-order valence-corrected chi connectivity index (χ1v) is 4.87. The third-order valence-electron chi connectivity index (χ3n) is 2.03. The van der Waals surface area contributed by atoms with Crippen LogP contribution in [0, 0.1) is 0 Å². The lowest BCUT2D eigenvalue weighted by molar-refractivity contribution is -0.139. The van der Waals surface area contributed by atoms with Gasteiger partial charge in [-0.05, 0) is 18.1 Å². The Labute approximate surface area is 87.7 Å². The third kappa shape index (κ3) is 2.70. The van der Waals surface area contributed by atoms with Gasteiger partial charge in [0.15, 0.2) is 0 Å². The molecule has 0 aliphatic carbocycles. The summed E-state index contributed by atoms with van der Waals surface area (Å²) in [5.41, 5.74) is 0.712. The fourth-order valence-corrected chi connectivity index (χ4v) is 1.43. The van der Waals surface area contributed by atoms with Crippen LogP contribution in [-0.4, -0.2) is 16.1 Å². The average Bonchev–Trinajstić information content (AvgIpc) is 2.15. The average molecular weight is 214 g/mol. The van der Waals surface area contributed by atoms with Crippen molar-refractivity contribution >= 4 is 17.6 Å². The van der Waals surface area contributed by atoms with Crippen LogP contribution in [0.2, 0.25) is 5.15 Å². The highest BCUT2D eigenvalue weighted by Gasteiger charge is 2.18. The summed E-state index contributed by atoms with van der Waals surface area (Å²) in [6, 6.07) is 3.33. The summed E-state index contributed by atoms with van der Waals surface area (Å²) >= 11 is 5.61.